The van der Waals surface area contributed by atoms with Gasteiger partial charge in [-0.2, -0.15) is 0 Å². The van der Waals surface area contributed by atoms with Crippen LogP contribution in [0.4, 0.5) is 5.95 Å². The number of fused-ring (bicyclic) bond motifs is 1. The van der Waals surface area contributed by atoms with E-state index < -0.39 is 0 Å². The van der Waals surface area contributed by atoms with Gasteiger partial charge in [-0.1, -0.05) is 18.2 Å². The quantitative estimate of drug-likeness (QED) is 0.418. The third-order valence-corrected chi connectivity index (χ3v) is 3.79. The molecule has 2 aromatic rings. The molecule has 1 unspecified atom stereocenters. The number of anilines is 1. The summed E-state index contributed by atoms with van der Waals surface area (Å²) in [4.78, 5) is 14.9. The Bertz CT molecular complexity index is 737. The number of aromatic nitrogens is 2. The second-order valence-electron chi connectivity index (χ2n) is 5.82. The van der Waals surface area contributed by atoms with Crippen LogP contribution in [-0.4, -0.2) is 36.6 Å². The molecule has 3 N–H and O–H groups in total. The Labute approximate surface area is 164 Å². The standard InChI is InChI=1S/C17H22N6O.HI/c1-23(2)17-19-9-7-12(21-17)11-20-16(18)22-14-8-10-24-15-6-4-3-5-13(14)15;/h3-7,9,14H,8,10-11H2,1-2H3,(H3,18,20,22);1H. The lowest BCUT2D eigenvalue weighted by Crippen LogP contribution is -2.37. The molecule has 0 bridgehead atoms. The average Bonchev–Trinajstić information content (AvgIpc) is 2.60. The van der Waals surface area contributed by atoms with Gasteiger partial charge in [-0.3, -0.25) is 0 Å². The number of benzene rings is 1. The van der Waals surface area contributed by atoms with Gasteiger partial charge < -0.3 is 20.7 Å². The number of nitrogens with two attached hydrogens (primary N) is 1. The van der Waals surface area contributed by atoms with E-state index in [9.17, 15) is 0 Å². The number of rotatable bonds is 4. The van der Waals surface area contributed by atoms with Crippen molar-refractivity contribution in [1.29, 1.82) is 0 Å². The van der Waals surface area contributed by atoms with Gasteiger partial charge in [0.05, 0.1) is 24.9 Å². The number of ether oxygens (including phenoxy) is 1. The molecule has 0 radical (unpaired) electrons. The van der Waals surface area contributed by atoms with Crippen LogP contribution in [0, 0.1) is 0 Å². The highest BCUT2D eigenvalue weighted by atomic mass is 127. The first-order valence-corrected chi connectivity index (χ1v) is 7.91. The number of nitrogens with one attached hydrogen (secondary N) is 1. The maximum atomic E-state index is 6.05. The molecule has 0 spiro atoms. The fraction of sp³-hybridized carbons (Fsp3) is 0.353. The summed E-state index contributed by atoms with van der Waals surface area (Å²) in [6, 6.07) is 9.94. The number of guanidine groups is 1. The second-order valence-corrected chi connectivity index (χ2v) is 5.82. The summed E-state index contributed by atoms with van der Waals surface area (Å²) < 4.78 is 5.66. The smallest absolute Gasteiger partial charge is 0.225 e. The Morgan fingerprint density at radius 2 is 2.16 bits per heavy atom. The number of halogens is 1. The van der Waals surface area contributed by atoms with Crippen LogP contribution in [0.3, 0.4) is 0 Å². The Hall–Kier alpha value is -2.10. The minimum atomic E-state index is 0. The molecule has 1 aliphatic rings. The van der Waals surface area contributed by atoms with E-state index in [0.29, 0.717) is 25.1 Å². The van der Waals surface area contributed by atoms with Crippen molar-refractivity contribution in [1.82, 2.24) is 15.3 Å². The predicted molar refractivity (Wildman–Crippen MR) is 110 cm³/mol. The lowest BCUT2D eigenvalue weighted by molar-refractivity contribution is 0.262. The van der Waals surface area contributed by atoms with E-state index >= 15 is 0 Å². The summed E-state index contributed by atoms with van der Waals surface area (Å²) in [6.07, 6.45) is 2.58. The third kappa shape index (κ3) is 4.94. The number of para-hydroxylation sites is 1. The van der Waals surface area contributed by atoms with Crippen molar-refractivity contribution in [2.24, 2.45) is 10.7 Å². The molecule has 1 aliphatic heterocycles. The molecular weight excluding hydrogens is 431 g/mol. The highest BCUT2D eigenvalue weighted by molar-refractivity contribution is 14.0. The lowest BCUT2D eigenvalue weighted by Gasteiger charge is -2.26. The van der Waals surface area contributed by atoms with Crippen molar-refractivity contribution < 1.29 is 4.74 Å². The SMILES string of the molecule is CN(C)c1nccc(CN=C(N)NC2CCOc3ccccc32)n1.I. The molecule has 0 amide bonds. The van der Waals surface area contributed by atoms with Crippen molar-refractivity contribution in [3.8, 4) is 5.75 Å². The largest absolute Gasteiger partial charge is 0.493 e. The van der Waals surface area contributed by atoms with Crippen molar-refractivity contribution in [2.75, 3.05) is 25.6 Å². The summed E-state index contributed by atoms with van der Waals surface area (Å²) >= 11 is 0. The molecule has 0 fully saturated rings. The van der Waals surface area contributed by atoms with Gasteiger partial charge in [-0.25, -0.2) is 15.0 Å². The average molecular weight is 454 g/mol. The lowest BCUT2D eigenvalue weighted by atomic mass is 10.0. The normalized spacial score (nSPS) is 16.2. The van der Waals surface area contributed by atoms with E-state index in [4.69, 9.17) is 10.5 Å². The first-order chi connectivity index (χ1) is 11.6. The summed E-state index contributed by atoms with van der Waals surface area (Å²) in [6.45, 7) is 1.08. The van der Waals surface area contributed by atoms with E-state index in [-0.39, 0.29) is 30.0 Å². The highest BCUT2D eigenvalue weighted by Gasteiger charge is 2.21. The number of hydrogen-bond donors (Lipinski definition) is 2. The van der Waals surface area contributed by atoms with Gasteiger partial charge in [0.15, 0.2) is 5.96 Å². The molecule has 8 heteroatoms. The zero-order valence-electron chi connectivity index (χ0n) is 14.3. The summed E-state index contributed by atoms with van der Waals surface area (Å²) in [5.74, 6) is 1.97. The van der Waals surface area contributed by atoms with Gasteiger partial charge in [0.1, 0.15) is 5.75 Å². The van der Waals surface area contributed by atoms with Crippen LogP contribution in [0.15, 0.2) is 41.5 Å². The summed E-state index contributed by atoms with van der Waals surface area (Å²) in [7, 11) is 3.81. The van der Waals surface area contributed by atoms with Gasteiger partial charge >= 0.3 is 0 Å². The molecule has 1 atom stereocenters. The van der Waals surface area contributed by atoms with Crippen LogP contribution < -0.4 is 20.7 Å². The topological polar surface area (TPSA) is 88.7 Å². The summed E-state index contributed by atoms with van der Waals surface area (Å²) in [5.41, 5.74) is 7.99. The molecule has 0 aliphatic carbocycles. The molecule has 7 nitrogen and oxygen atoms in total. The van der Waals surface area contributed by atoms with E-state index in [1.807, 2.05) is 49.3 Å². The van der Waals surface area contributed by atoms with Crippen molar-refractivity contribution >= 4 is 35.9 Å². The van der Waals surface area contributed by atoms with E-state index in [1.54, 1.807) is 6.20 Å². The second kappa shape index (κ2) is 8.84. The first kappa shape index (κ1) is 19.2. The minimum absolute atomic E-state index is 0. The summed E-state index contributed by atoms with van der Waals surface area (Å²) in [5, 5.41) is 3.28. The number of aliphatic imine (C=N–C) groups is 1. The highest BCUT2D eigenvalue weighted by Crippen LogP contribution is 2.31. The molecular formula is C17H23IN6O. The zero-order valence-corrected chi connectivity index (χ0v) is 16.7. The molecule has 1 aromatic carbocycles. The fourth-order valence-electron chi connectivity index (χ4n) is 2.57. The third-order valence-electron chi connectivity index (χ3n) is 3.79. The van der Waals surface area contributed by atoms with Crippen molar-refractivity contribution in [3.05, 3.63) is 47.8 Å². The Morgan fingerprint density at radius 1 is 1.36 bits per heavy atom. The molecule has 134 valence electrons. The van der Waals surface area contributed by atoms with Crippen LogP contribution in [0.25, 0.3) is 0 Å². The van der Waals surface area contributed by atoms with Crippen molar-refractivity contribution in [3.63, 3.8) is 0 Å². The number of hydrogen-bond acceptors (Lipinski definition) is 5. The van der Waals surface area contributed by atoms with E-state index in [1.165, 1.54) is 0 Å². The van der Waals surface area contributed by atoms with Crippen LogP contribution in [0.1, 0.15) is 23.7 Å². The van der Waals surface area contributed by atoms with Gasteiger partial charge in [-0.15, -0.1) is 24.0 Å². The minimum Gasteiger partial charge on any atom is -0.493 e. The predicted octanol–water partition coefficient (Wildman–Crippen LogP) is 2.09. The van der Waals surface area contributed by atoms with Crippen LogP contribution in [0.5, 0.6) is 5.75 Å². The fourth-order valence-corrected chi connectivity index (χ4v) is 2.57. The van der Waals surface area contributed by atoms with Crippen molar-refractivity contribution in [2.45, 2.75) is 19.0 Å². The van der Waals surface area contributed by atoms with Gasteiger partial charge in [0.2, 0.25) is 5.95 Å². The molecule has 25 heavy (non-hydrogen) atoms. The van der Waals surface area contributed by atoms with Gasteiger partial charge in [-0.05, 0) is 12.1 Å². The zero-order chi connectivity index (χ0) is 16.9. The van der Waals surface area contributed by atoms with Crippen LogP contribution >= 0.6 is 24.0 Å². The monoisotopic (exact) mass is 454 g/mol. The maximum absolute atomic E-state index is 6.05. The Balaban J connectivity index is 0.00000225. The molecule has 3 rings (SSSR count). The molecule has 2 heterocycles. The van der Waals surface area contributed by atoms with Gasteiger partial charge in [0, 0.05) is 32.3 Å². The Kier molecular flexibility index (Phi) is 6.80. The van der Waals surface area contributed by atoms with E-state index in [0.717, 1.165) is 23.4 Å². The van der Waals surface area contributed by atoms with Crippen LogP contribution in [-0.2, 0) is 6.54 Å². The van der Waals surface area contributed by atoms with Crippen LogP contribution in [0.2, 0.25) is 0 Å². The van der Waals surface area contributed by atoms with Gasteiger partial charge in [0.25, 0.3) is 0 Å². The maximum Gasteiger partial charge on any atom is 0.225 e. The first-order valence-electron chi connectivity index (χ1n) is 7.91. The van der Waals surface area contributed by atoms with E-state index in [2.05, 4.69) is 20.3 Å². The molecule has 0 saturated heterocycles. The molecule has 1 aromatic heterocycles. The molecule has 0 saturated carbocycles. The number of nitrogens with zero attached hydrogens (tertiary/aromatic N) is 4. The Morgan fingerprint density at radius 3 is 2.96 bits per heavy atom.